The van der Waals surface area contributed by atoms with Crippen molar-refractivity contribution in [2.75, 3.05) is 35.3 Å². The van der Waals surface area contributed by atoms with Gasteiger partial charge in [0.25, 0.3) is 5.91 Å². The Balaban J connectivity index is 1.84. The van der Waals surface area contributed by atoms with Crippen molar-refractivity contribution in [2.45, 2.75) is 19.9 Å². The third kappa shape index (κ3) is 4.02. The highest BCUT2D eigenvalue weighted by Gasteiger charge is 2.42. The van der Waals surface area contributed by atoms with Gasteiger partial charge in [0.2, 0.25) is 5.91 Å². The van der Waals surface area contributed by atoms with Gasteiger partial charge >= 0.3 is 0 Å². The van der Waals surface area contributed by atoms with Crippen molar-refractivity contribution in [1.82, 2.24) is 0 Å². The molecule has 1 atom stereocenters. The molecule has 1 unspecified atom stereocenters. The number of benzene rings is 3. The first-order valence-corrected chi connectivity index (χ1v) is 11.3. The third-order valence-corrected chi connectivity index (χ3v) is 6.39. The molecule has 1 aliphatic rings. The molecule has 1 heterocycles. The van der Waals surface area contributed by atoms with Gasteiger partial charge in [-0.1, -0.05) is 46.3 Å². The van der Waals surface area contributed by atoms with Crippen LogP contribution in [-0.4, -0.2) is 32.5 Å². The zero-order valence-electron chi connectivity index (χ0n) is 18.7. The SMILES string of the molecule is Cc1cccc(C)c1N1CC(=O)N(c2ccc(Br)cc2)C(c2ccc(N(C)C)cc2)C1=O. The van der Waals surface area contributed by atoms with Crippen molar-refractivity contribution < 1.29 is 9.59 Å². The summed E-state index contributed by atoms with van der Waals surface area (Å²) < 4.78 is 0.918. The maximum Gasteiger partial charge on any atom is 0.255 e. The highest BCUT2D eigenvalue weighted by molar-refractivity contribution is 9.10. The second-order valence-corrected chi connectivity index (χ2v) is 9.21. The molecule has 1 saturated heterocycles. The number of anilines is 3. The summed E-state index contributed by atoms with van der Waals surface area (Å²) in [5, 5.41) is 0. The molecule has 4 rings (SSSR count). The lowest BCUT2D eigenvalue weighted by atomic mass is 9.97. The summed E-state index contributed by atoms with van der Waals surface area (Å²) in [5.74, 6) is -0.223. The maximum absolute atomic E-state index is 14.0. The summed E-state index contributed by atoms with van der Waals surface area (Å²) in [6, 6.07) is 20.5. The molecule has 0 bridgehead atoms. The maximum atomic E-state index is 14.0. The van der Waals surface area contributed by atoms with Crippen molar-refractivity contribution in [3.05, 3.63) is 87.9 Å². The number of piperazine rings is 1. The van der Waals surface area contributed by atoms with Crippen LogP contribution in [0.3, 0.4) is 0 Å². The van der Waals surface area contributed by atoms with E-state index in [1.165, 1.54) is 0 Å². The van der Waals surface area contributed by atoms with Crippen molar-refractivity contribution in [1.29, 1.82) is 0 Å². The van der Waals surface area contributed by atoms with E-state index in [-0.39, 0.29) is 18.4 Å². The Morgan fingerprint density at radius 1 is 0.875 bits per heavy atom. The molecule has 3 aromatic carbocycles. The molecule has 6 heteroatoms. The van der Waals surface area contributed by atoms with Gasteiger partial charge in [-0.25, -0.2) is 0 Å². The van der Waals surface area contributed by atoms with Crippen LogP contribution in [0.25, 0.3) is 0 Å². The molecule has 3 aromatic rings. The molecule has 0 saturated carbocycles. The van der Waals surface area contributed by atoms with E-state index in [9.17, 15) is 9.59 Å². The van der Waals surface area contributed by atoms with E-state index in [1.807, 2.05) is 99.6 Å². The van der Waals surface area contributed by atoms with E-state index < -0.39 is 6.04 Å². The lowest BCUT2D eigenvalue weighted by Crippen LogP contribution is -2.56. The van der Waals surface area contributed by atoms with Crippen LogP contribution in [0.15, 0.2) is 71.2 Å². The molecule has 32 heavy (non-hydrogen) atoms. The highest BCUT2D eigenvalue weighted by Crippen LogP contribution is 2.37. The normalized spacial score (nSPS) is 16.5. The van der Waals surface area contributed by atoms with Crippen LogP contribution in [0.5, 0.6) is 0 Å². The predicted octanol–water partition coefficient (Wildman–Crippen LogP) is 5.25. The summed E-state index contributed by atoms with van der Waals surface area (Å²) in [5.41, 5.74) is 5.29. The Morgan fingerprint density at radius 3 is 2.03 bits per heavy atom. The summed E-state index contributed by atoms with van der Waals surface area (Å²) in [4.78, 5) is 32.7. The number of hydrogen-bond donors (Lipinski definition) is 0. The molecule has 1 aliphatic heterocycles. The molecule has 0 N–H and O–H groups in total. The lowest BCUT2D eigenvalue weighted by Gasteiger charge is -2.41. The van der Waals surface area contributed by atoms with E-state index in [0.717, 1.165) is 32.5 Å². The van der Waals surface area contributed by atoms with E-state index in [2.05, 4.69) is 15.9 Å². The number of nitrogens with zero attached hydrogens (tertiary/aromatic N) is 3. The number of aryl methyl sites for hydroxylation is 2. The average Bonchev–Trinajstić information content (AvgIpc) is 2.76. The molecule has 0 aromatic heterocycles. The first-order valence-electron chi connectivity index (χ1n) is 10.5. The largest absolute Gasteiger partial charge is 0.378 e. The first kappa shape index (κ1) is 22.1. The minimum Gasteiger partial charge on any atom is -0.378 e. The van der Waals surface area contributed by atoms with Crippen LogP contribution in [-0.2, 0) is 9.59 Å². The van der Waals surface area contributed by atoms with Gasteiger partial charge in [0, 0.05) is 29.9 Å². The van der Waals surface area contributed by atoms with Gasteiger partial charge in [-0.3, -0.25) is 14.5 Å². The number of halogens is 1. The number of carbonyl (C=O) groups excluding carboxylic acids is 2. The smallest absolute Gasteiger partial charge is 0.255 e. The molecule has 1 fully saturated rings. The number of rotatable bonds is 4. The standard InChI is InChI=1S/C26H26BrN3O2/c1-17-6-5-7-18(2)24(17)29-16-23(31)30(22-14-10-20(27)11-15-22)25(26(29)32)19-8-12-21(13-9-19)28(3)4/h5-15,25H,16H2,1-4H3. The Kier molecular flexibility index (Phi) is 6.07. The molecule has 0 radical (unpaired) electrons. The lowest BCUT2D eigenvalue weighted by molar-refractivity contribution is -0.128. The second-order valence-electron chi connectivity index (χ2n) is 8.29. The fourth-order valence-corrected chi connectivity index (χ4v) is 4.52. The molecule has 0 aliphatic carbocycles. The topological polar surface area (TPSA) is 43.9 Å². The van der Waals surface area contributed by atoms with E-state index in [1.54, 1.807) is 9.80 Å². The van der Waals surface area contributed by atoms with Gasteiger partial charge < -0.3 is 9.80 Å². The minimum atomic E-state index is -0.743. The Labute approximate surface area is 197 Å². The highest BCUT2D eigenvalue weighted by atomic mass is 79.9. The van der Waals surface area contributed by atoms with Crippen LogP contribution < -0.4 is 14.7 Å². The summed E-state index contributed by atoms with van der Waals surface area (Å²) in [7, 11) is 3.95. The zero-order chi connectivity index (χ0) is 23.0. The molecule has 2 amide bonds. The van der Waals surface area contributed by atoms with Gasteiger partial charge in [0.05, 0.1) is 5.69 Å². The van der Waals surface area contributed by atoms with Crippen molar-refractivity contribution in [3.8, 4) is 0 Å². The third-order valence-electron chi connectivity index (χ3n) is 5.86. The van der Waals surface area contributed by atoms with E-state index >= 15 is 0 Å². The zero-order valence-corrected chi connectivity index (χ0v) is 20.3. The Hall–Kier alpha value is -3.12. The van der Waals surface area contributed by atoms with Crippen molar-refractivity contribution >= 4 is 44.8 Å². The van der Waals surface area contributed by atoms with Gasteiger partial charge in [0.15, 0.2) is 0 Å². The van der Waals surface area contributed by atoms with Crippen LogP contribution in [0.1, 0.15) is 22.7 Å². The van der Waals surface area contributed by atoms with Crippen LogP contribution in [0, 0.1) is 13.8 Å². The number of para-hydroxylation sites is 1. The number of amides is 2. The Morgan fingerprint density at radius 2 is 1.47 bits per heavy atom. The van der Waals surface area contributed by atoms with Crippen LogP contribution in [0.4, 0.5) is 17.1 Å². The molecule has 5 nitrogen and oxygen atoms in total. The molecule has 0 spiro atoms. The van der Waals surface area contributed by atoms with Crippen molar-refractivity contribution in [2.24, 2.45) is 0 Å². The average molecular weight is 492 g/mol. The quantitative estimate of drug-likeness (QED) is 0.500. The monoisotopic (exact) mass is 491 g/mol. The van der Waals surface area contributed by atoms with Crippen LogP contribution >= 0.6 is 15.9 Å². The Bertz CT molecular complexity index is 1140. The van der Waals surface area contributed by atoms with Gasteiger partial charge in [-0.05, 0) is 66.9 Å². The molecular formula is C26H26BrN3O2. The number of carbonyl (C=O) groups is 2. The summed E-state index contributed by atoms with van der Waals surface area (Å²) in [6.45, 7) is 3.96. The fraction of sp³-hybridized carbons (Fsp3) is 0.231. The molecule has 164 valence electrons. The minimum absolute atomic E-state index is 0.00682. The van der Waals surface area contributed by atoms with Gasteiger partial charge in [0.1, 0.15) is 12.6 Å². The van der Waals surface area contributed by atoms with Gasteiger partial charge in [-0.2, -0.15) is 0 Å². The molecular weight excluding hydrogens is 466 g/mol. The van der Waals surface area contributed by atoms with Crippen LogP contribution in [0.2, 0.25) is 0 Å². The number of hydrogen-bond acceptors (Lipinski definition) is 3. The summed E-state index contributed by atoms with van der Waals surface area (Å²) in [6.07, 6.45) is 0. The fourth-order valence-electron chi connectivity index (χ4n) is 4.25. The first-order chi connectivity index (χ1) is 15.3. The van der Waals surface area contributed by atoms with E-state index in [0.29, 0.717) is 5.69 Å². The second kappa shape index (κ2) is 8.79. The predicted molar refractivity (Wildman–Crippen MR) is 133 cm³/mol. The summed E-state index contributed by atoms with van der Waals surface area (Å²) >= 11 is 3.45. The van der Waals surface area contributed by atoms with Crippen molar-refractivity contribution in [3.63, 3.8) is 0 Å². The van der Waals surface area contributed by atoms with E-state index in [4.69, 9.17) is 0 Å². The van der Waals surface area contributed by atoms with Gasteiger partial charge in [-0.15, -0.1) is 0 Å².